The molecule has 3 heterocycles. The first-order valence-electron chi connectivity index (χ1n) is 10.1. The Balaban J connectivity index is 1.40. The topological polar surface area (TPSA) is 71.7 Å². The van der Waals surface area contributed by atoms with Crippen LogP contribution < -0.4 is 10.6 Å². The predicted molar refractivity (Wildman–Crippen MR) is 104 cm³/mol. The number of unbranched alkanes of at least 4 members (excludes halogenated alkanes) is 1. The SMILES string of the molecule is CCCCOC(=O)N1CCC(C2CCN(c3ccc(N)nc3)CC2)CC1. The number of ether oxygens (including phenoxy) is 1. The van der Waals surface area contributed by atoms with Crippen molar-refractivity contribution < 1.29 is 9.53 Å². The van der Waals surface area contributed by atoms with Crippen LogP contribution in [0.25, 0.3) is 0 Å². The number of likely N-dealkylation sites (tertiary alicyclic amines) is 1. The molecule has 144 valence electrons. The van der Waals surface area contributed by atoms with E-state index in [2.05, 4.69) is 22.9 Å². The van der Waals surface area contributed by atoms with Crippen LogP contribution in [0.2, 0.25) is 0 Å². The second-order valence-corrected chi connectivity index (χ2v) is 7.56. The lowest BCUT2D eigenvalue weighted by atomic mass is 9.79. The van der Waals surface area contributed by atoms with Gasteiger partial charge in [0.2, 0.25) is 0 Å². The van der Waals surface area contributed by atoms with Crippen LogP contribution in [-0.2, 0) is 4.74 Å². The van der Waals surface area contributed by atoms with Crippen LogP contribution in [0.1, 0.15) is 45.4 Å². The van der Waals surface area contributed by atoms with Crippen LogP contribution in [0.5, 0.6) is 0 Å². The summed E-state index contributed by atoms with van der Waals surface area (Å²) in [6, 6.07) is 3.93. The molecule has 1 aromatic heterocycles. The predicted octanol–water partition coefficient (Wildman–Crippen LogP) is 3.53. The average Bonchev–Trinajstić information content (AvgIpc) is 2.69. The van der Waals surface area contributed by atoms with Crippen molar-refractivity contribution in [1.82, 2.24) is 9.88 Å². The highest BCUT2D eigenvalue weighted by molar-refractivity contribution is 5.67. The quantitative estimate of drug-likeness (QED) is 0.813. The summed E-state index contributed by atoms with van der Waals surface area (Å²) in [5, 5.41) is 0. The maximum absolute atomic E-state index is 12.1. The molecule has 6 nitrogen and oxygen atoms in total. The maximum atomic E-state index is 12.1. The molecule has 2 fully saturated rings. The van der Waals surface area contributed by atoms with Crippen molar-refractivity contribution in [2.24, 2.45) is 11.8 Å². The van der Waals surface area contributed by atoms with Gasteiger partial charge in [-0.2, -0.15) is 0 Å². The molecular formula is C20H32N4O2. The van der Waals surface area contributed by atoms with Gasteiger partial charge in [-0.25, -0.2) is 9.78 Å². The van der Waals surface area contributed by atoms with E-state index >= 15 is 0 Å². The minimum Gasteiger partial charge on any atom is -0.449 e. The van der Waals surface area contributed by atoms with Crippen molar-refractivity contribution in [3.05, 3.63) is 18.3 Å². The molecular weight excluding hydrogens is 328 g/mol. The highest BCUT2D eigenvalue weighted by Crippen LogP contribution is 2.34. The third-order valence-corrected chi connectivity index (χ3v) is 5.86. The molecule has 0 unspecified atom stereocenters. The molecule has 0 radical (unpaired) electrons. The van der Waals surface area contributed by atoms with Gasteiger partial charge < -0.3 is 20.3 Å². The Labute approximate surface area is 156 Å². The second kappa shape index (κ2) is 9.10. The van der Waals surface area contributed by atoms with E-state index < -0.39 is 0 Å². The molecule has 26 heavy (non-hydrogen) atoms. The second-order valence-electron chi connectivity index (χ2n) is 7.56. The largest absolute Gasteiger partial charge is 0.449 e. The molecule has 0 spiro atoms. The van der Waals surface area contributed by atoms with Crippen molar-refractivity contribution in [2.45, 2.75) is 45.4 Å². The average molecular weight is 361 g/mol. The molecule has 1 aromatic rings. The summed E-state index contributed by atoms with van der Waals surface area (Å²) in [6.07, 6.45) is 8.41. The highest BCUT2D eigenvalue weighted by atomic mass is 16.6. The van der Waals surface area contributed by atoms with E-state index in [0.717, 1.165) is 63.7 Å². The number of nitrogens with zero attached hydrogens (tertiary/aromatic N) is 3. The van der Waals surface area contributed by atoms with E-state index in [1.807, 2.05) is 17.2 Å². The number of nitrogens with two attached hydrogens (primary N) is 1. The van der Waals surface area contributed by atoms with Gasteiger partial charge in [-0.1, -0.05) is 13.3 Å². The third-order valence-electron chi connectivity index (χ3n) is 5.86. The molecule has 3 rings (SSSR count). The lowest BCUT2D eigenvalue weighted by molar-refractivity contribution is 0.0770. The molecule has 2 saturated heterocycles. The van der Waals surface area contributed by atoms with Crippen molar-refractivity contribution in [2.75, 3.05) is 43.4 Å². The normalized spacial score (nSPS) is 19.6. The molecule has 2 N–H and O–H groups in total. The number of hydrogen-bond acceptors (Lipinski definition) is 5. The molecule has 0 aromatic carbocycles. The smallest absolute Gasteiger partial charge is 0.409 e. The van der Waals surface area contributed by atoms with Crippen molar-refractivity contribution in [3.63, 3.8) is 0 Å². The monoisotopic (exact) mass is 360 g/mol. The number of amides is 1. The molecule has 0 aliphatic carbocycles. The zero-order valence-electron chi connectivity index (χ0n) is 15.9. The summed E-state index contributed by atoms with van der Waals surface area (Å²) in [6.45, 7) is 6.50. The maximum Gasteiger partial charge on any atom is 0.409 e. The number of hydrogen-bond donors (Lipinski definition) is 1. The van der Waals surface area contributed by atoms with Crippen LogP contribution >= 0.6 is 0 Å². The number of carbonyl (C=O) groups excluding carboxylic acids is 1. The number of carbonyl (C=O) groups is 1. The number of pyridine rings is 1. The summed E-state index contributed by atoms with van der Waals surface area (Å²) in [5.41, 5.74) is 6.84. The van der Waals surface area contributed by atoms with Crippen LogP contribution in [0.15, 0.2) is 18.3 Å². The minimum atomic E-state index is -0.123. The minimum absolute atomic E-state index is 0.123. The molecule has 0 bridgehead atoms. The van der Waals surface area contributed by atoms with Gasteiger partial charge in [0.25, 0.3) is 0 Å². The number of piperidine rings is 2. The summed E-state index contributed by atoms with van der Waals surface area (Å²) in [7, 11) is 0. The van der Waals surface area contributed by atoms with Crippen LogP contribution in [-0.4, -0.2) is 48.8 Å². The summed E-state index contributed by atoms with van der Waals surface area (Å²) >= 11 is 0. The van der Waals surface area contributed by atoms with Gasteiger partial charge in [0.15, 0.2) is 0 Å². The number of nitrogen functional groups attached to an aromatic ring is 1. The lowest BCUT2D eigenvalue weighted by Crippen LogP contribution is -2.43. The Bertz CT molecular complexity index is 562. The first kappa shape index (κ1) is 18.8. The van der Waals surface area contributed by atoms with E-state index in [1.165, 1.54) is 18.5 Å². The number of aromatic nitrogens is 1. The summed E-state index contributed by atoms with van der Waals surface area (Å²) in [5.74, 6) is 2.08. The van der Waals surface area contributed by atoms with E-state index in [1.54, 1.807) is 0 Å². The lowest BCUT2D eigenvalue weighted by Gasteiger charge is -2.40. The van der Waals surface area contributed by atoms with Crippen LogP contribution in [0.3, 0.4) is 0 Å². The Morgan fingerprint density at radius 1 is 1.15 bits per heavy atom. The number of rotatable bonds is 5. The zero-order chi connectivity index (χ0) is 18.4. The fraction of sp³-hybridized carbons (Fsp3) is 0.700. The Morgan fingerprint density at radius 2 is 1.81 bits per heavy atom. The van der Waals surface area contributed by atoms with E-state index in [-0.39, 0.29) is 6.09 Å². The first-order chi connectivity index (χ1) is 12.7. The van der Waals surface area contributed by atoms with E-state index in [4.69, 9.17) is 10.5 Å². The Hall–Kier alpha value is -1.98. The van der Waals surface area contributed by atoms with Crippen molar-refractivity contribution in [1.29, 1.82) is 0 Å². The zero-order valence-corrected chi connectivity index (χ0v) is 15.9. The van der Waals surface area contributed by atoms with E-state index in [9.17, 15) is 4.79 Å². The van der Waals surface area contributed by atoms with Crippen LogP contribution in [0, 0.1) is 11.8 Å². The third kappa shape index (κ3) is 4.80. The van der Waals surface area contributed by atoms with Crippen molar-refractivity contribution >= 4 is 17.6 Å². The van der Waals surface area contributed by atoms with Gasteiger partial charge in [0, 0.05) is 26.2 Å². The van der Waals surface area contributed by atoms with Gasteiger partial charge in [0.05, 0.1) is 18.5 Å². The molecule has 2 aliphatic heterocycles. The molecule has 1 amide bonds. The van der Waals surface area contributed by atoms with Crippen molar-refractivity contribution in [3.8, 4) is 0 Å². The highest BCUT2D eigenvalue weighted by Gasteiger charge is 2.31. The fourth-order valence-corrected chi connectivity index (χ4v) is 4.16. The van der Waals surface area contributed by atoms with Gasteiger partial charge in [-0.05, 0) is 56.1 Å². The van der Waals surface area contributed by atoms with Gasteiger partial charge in [0.1, 0.15) is 5.82 Å². The molecule has 6 heteroatoms. The Kier molecular flexibility index (Phi) is 6.58. The number of anilines is 2. The first-order valence-corrected chi connectivity index (χ1v) is 10.1. The van der Waals surface area contributed by atoms with Crippen LogP contribution in [0.4, 0.5) is 16.3 Å². The fourth-order valence-electron chi connectivity index (χ4n) is 4.16. The van der Waals surface area contributed by atoms with Gasteiger partial charge >= 0.3 is 6.09 Å². The van der Waals surface area contributed by atoms with Gasteiger partial charge in [-0.3, -0.25) is 0 Å². The summed E-state index contributed by atoms with van der Waals surface area (Å²) < 4.78 is 5.34. The Morgan fingerprint density at radius 3 is 2.38 bits per heavy atom. The van der Waals surface area contributed by atoms with E-state index in [0.29, 0.717) is 12.4 Å². The molecule has 0 atom stereocenters. The van der Waals surface area contributed by atoms with Gasteiger partial charge in [-0.15, -0.1) is 0 Å². The molecule has 0 saturated carbocycles. The summed E-state index contributed by atoms with van der Waals surface area (Å²) in [4.78, 5) is 20.6. The molecule has 2 aliphatic rings. The standard InChI is InChI=1S/C20H32N4O2/c1-2-3-14-26-20(25)24-12-8-17(9-13-24)16-6-10-23(11-7-16)18-4-5-19(21)22-15-18/h4-5,15-17H,2-3,6-14H2,1H3,(H2,21,22).